The molecule has 1 aliphatic heterocycles. The van der Waals surface area contributed by atoms with Crippen molar-refractivity contribution in [2.45, 2.75) is 40.5 Å². The standard InChI is InChI=1S/C9H11NO2.2C2H6/c1-10-7-4-2-3-5-8(7)12-6-9(10)11;2*1-2/h4-5H,2-3,6H2,1H3;2*1-2H3. The first-order chi connectivity index (χ1) is 7.79. The molecule has 1 fully saturated rings. The number of likely N-dealkylation sites (N-methyl/N-ethyl adjacent to an activating group) is 1. The van der Waals surface area contributed by atoms with Crippen molar-refractivity contribution in [2.24, 2.45) is 0 Å². The van der Waals surface area contributed by atoms with E-state index < -0.39 is 0 Å². The molecular formula is C13H23NO2. The number of hydrogen-bond donors (Lipinski definition) is 0. The van der Waals surface area contributed by atoms with Crippen LogP contribution in [0.3, 0.4) is 0 Å². The Kier molecular flexibility index (Phi) is 7.34. The van der Waals surface area contributed by atoms with Gasteiger partial charge in [-0.25, -0.2) is 0 Å². The number of amides is 1. The van der Waals surface area contributed by atoms with E-state index in [1.807, 2.05) is 39.8 Å². The minimum Gasteiger partial charge on any atom is -0.482 e. The van der Waals surface area contributed by atoms with E-state index in [0.717, 1.165) is 24.3 Å². The maximum Gasteiger partial charge on any atom is 0.264 e. The molecule has 0 saturated carbocycles. The Labute approximate surface area is 98.8 Å². The number of rotatable bonds is 0. The fourth-order valence-corrected chi connectivity index (χ4v) is 1.45. The highest BCUT2D eigenvalue weighted by atomic mass is 16.5. The summed E-state index contributed by atoms with van der Waals surface area (Å²) in [4.78, 5) is 12.8. The zero-order valence-electron chi connectivity index (χ0n) is 11.0. The van der Waals surface area contributed by atoms with Crippen molar-refractivity contribution in [3.05, 3.63) is 23.6 Å². The lowest BCUT2D eigenvalue weighted by atomic mass is 10.1. The molecule has 0 aromatic heterocycles. The highest BCUT2D eigenvalue weighted by molar-refractivity contribution is 5.81. The second kappa shape index (κ2) is 7.97. The quantitative estimate of drug-likeness (QED) is 0.634. The molecule has 92 valence electrons. The second-order valence-electron chi connectivity index (χ2n) is 2.98. The van der Waals surface area contributed by atoms with Gasteiger partial charge in [-0.15, -0.1) is 0 Å². The summed E-state index contributed by atoms with van der Waals surface area (Å²) in [5.41, 5.74) is 0.928. The van der Waals surface area contributed by atoms with Gasteiger partial charge in [0.1, 0.15) is 5.76 Å². The van der Waals surface area contributed by atoms with Crippen LogP contribution in [0.25, 0.3) is 0 Å². The number of carbonyl (C=O) groups is 1. The highest BCUT2D eigenvalue weighted by Crippen LogP contribution is 2.25. The summed E-state index contributed by atoms with van der Waals surface area (Å²) in [5.74, 6) is 0.892. The van der Waals surface area contributed by atoms with Crippen LogP contribution in [0.4, 0.5) is 0 Å². The van der Waals surface area contributed by atoms with Crippen molar-refractivity contribution < 1.29 is 9.53 Å². The lowest BCUT2D eigenvalue weighted by Crippen LogP contribution is -2.36. The molecule has 0 spiro atoms. The number of allylic oxidation sites excluding steroid dienone is 2. The molecule has 2 aliphatic rings. The molecule has 1 saturated heterocycles. The molecule has 0 aromatic rings. The van der Waals surface area contributed by atoms with E-state index in [4.69, 9.17) is 4.74 Å². The van der Waals surface area contributed by atoms with Crippen LogP contribution in [0.15, 0.2) is 23.6 Å². The number of morpholine rings is 1. The van der Waals surface area contributed by atoms with Gasteiger partial charge in [-0.2, -0.15) is 0 Å². The fraction of sp³-hybridized carbons (Fsp3) is 0.615. The minimum atomic E-state index is 0.0281. The summed E-state index contributed by atoms with van der Waals surface area (Å²) in [6.07, 6.45) is 6.10. The Hall–Kier alpha value is -1.25. The van der Waals surface area contributed by atoms with Gasteiger partial charge in [-0.3, -0.25) is 4.79 Å². The number of hydrogen-bond acceptors (Lipinski definition) is 2. The fourth-order valence-electron chi connectivity index (χ4n) is 1.45. The topological polar surface area (TPSA) is 29.5 Å². The smallest absolute Gasteiger partial charge is 0.264 e. The molecule has 3 heteroatoms. The largest absolute Gasteiger partial charge is 0.482 e. The van der Waals surface area contributed by atoms with Crippen molar-refractivity contribution in [3.8, 4) is 0 Å². The monoisotopic (exact) mass is 225 g/mol. The average Bonchev–Trinajstić information content (AvgIpc) is 2.39. The maximum atomic E-state index is 11.2. The Bertz CT molecular complexity index is 280. The van der Waals surface area contributed by atoms with Gasteiger partial charge in [0, 0.05) is 7.05 Å². The number of nitrogens with zero attached hydrogens (tertiary/aromatic N) is 1. The molecule has 16 heavy (non-hydrogen) atoms. The van der Waals surface area contributed by atoms with E-state index in [-0.39, 0.29) is 12.5 Å². The molecular weight excluding hydrogens is 202 g/mol. The van der Waals surface area contributed by atoms with Gasteiger partial charge in [0.2, 0.25) is 0 Å². The Morgan fingerprint density at radius 2 is 1.69 bits per heavy atom. The van der Waals surface area contributed by atoms with Gasteiger partial charge in [-0.1, -0.05) is 33.8 Å². The van der Waals surface area contributed by atoms with Crippen molar-refractivity contribution in [1.29, 1.82) is 0 Å². The molecule has 0 N–H and O–H groups in total. The van der Waals surface area contributed by atoms with Crippen LogP contribution in [0.5, 0.6) is 0 Å². The van der Waals surface area contributed by atoms with E-state index >= 15 is 0 Å². The van der Waals surface area contributed by atoms with E-state index in [0.29, 0.717) is 0 Å². The maximum absolute atomic E-state index is 11.2. The van der Waals surface area contributed by atoms with Gasteiger partial charge in [-0.05, 0) is 18.9 Å². The van der Waals surface area contributed by atoms with Crippen LogP contribution >= 0.6 is 0 Å². The molecule has 0 unspecified atom stereocenters. The molecule has 0 radical (unpaired) electrons. The Morgan fingerprint density at radius 3 is 2.31 bits per heavy atom. The van der Waals surface area contributed by atoms with Gasteiger partial charge < -0.3 is 9.64 Å². The lowest BCUT2D eigenvalue weighted by molar-refractivity contribution is -0.134. The first kappa shape index (κ1) is 14.8. The average molecular weight is 225 g/mol. The molecule has 1 heterocycles. The van der Waals surface area contributed by atoms with Gasteiger partial charge in [0.25, 0.3) is 5.91 Å². The molecule has 3 nitrogen and oxygen atoms in total. The summed E-state index contributed by atoms with van der Waals surface area (Å²) in [6.45, 7) is 8.18. The van der Waals surface area contributed by atoms with Crippen molar-refractivity contribution in [2.75, 3.05) is 13.7 Å². The van der Waals surface area contributed by atoms with Crippen LogP contribution in [0.2, 0.25) is 0 Å². The number of fused-ring (bicyclic) bond motifs is 1. The lowest BCUT2D eigenvalue weighted by Gasteiger charge is -2.29. The summed E-state index contributed by atoms with van der Waals surface area (Å²) in [6, 6.07) is 0. The summed E-state index contributed by atoms with van der Waals surface area (Å²) in [5, 5.41) is 0. The molecule has 1 aliphatic carbocycles. The SMILES string of the molecule is CC.CC.CN1C(=O)COC2=CCCC=C21. The normalized spacial score (nSPS) is 17.6. The van der Waals surface area contributed by atoms with E-state index in [9.17, 15) is 4.79 Å². The van der Waals surface area contributed by atoms with Crippen LogP contribution in [-0.4, -0.2) is 24.5 Å². The van der Waals surface area contributed by atoms with E-state index in [1.165, 1.54) is 0 Å². The van der Waals surface area contributed by atoms with Crippen LogP contribution in [-0.2, 0) is 9.53 Å². The van der Waals surface area contributed by atoms with Crippen LogP contribution in [0, 0.1) is 0 Å². The molecule has 2 rings (SSSR count). The van der Waals surface area contributed by atoms with Crippen LogP contribution in [0.1, 0.15) is 40.5 Å². The molecule has 0 bridgehead atoms. The third-order valence-corrected chi connectivity index (χ3v) is 2.17. The first-order valence-corrected chi connectivity index (χ1v) is 6.09. The van der Waals surface area contributed by atoms with Crippen molar-refractivity contribution >= 4 is 5.91 Å². The van der Waals surface area contributed by atoms with Gasteiger partial charge in [0.15, 0.2) is 6.61 Å². The van der Waals surface area contributed by atoms with E-state index in [2.05, 4.69) is 0 Å². The van der Waals surface area contributed by atoms with Gasteiger partial charge in [0.05, 0.1) is 5.70 Å². The Balaban J connectivity index is 0.000000509. The highest BCUT2D eigenvalue weighted by Gasteiger charge is 2.25. The molecule has 0 atom stereocenters. The zero-order chi connectivity index (χ0) is 12.6. The van der Waals surface area contributed by atoms with Gasteiger partial charge >= 0.3 is 0 Å². The molecule has 0 aromatic carbocycles. The van der Waals surface area contributed by atoms with Crippen molar-refractivity contribution in [1.82, 2.24) is 4.90 Å². The predicted molar refractivity (Wildman–Crippen MR) is 66.8 cm³/mol. The van der Waals surface area contributed by atoms with Crippen molar-refractivity contribution in [3.63, 3.8) is 0 Å². The zero-order valence-corrected chi connectivity index (χ0v) is 11.0. The third-order valence-electron chi connectivity index (χ3n) is 2.17. The van der Waals surface area contributed by atoms with E-state index in [1.54, 1.807) is 11.9 Å². The van der Waals surface area contributed by atoms with Crippen LogP contribution < -0.4 is 0 Å². The Morgan fingerprint density at radius 1 is 1.12 bits per heavy atom. The minimum absolute atomic E-state index is 0.0281. The number of ether oxygens (including phenoxy) is 1. The third kappa shape index (κ3) is 3.40. The predicted octanol–water partition coefficient (Wildman–Crippen LogP) is 3.09. The summed E-state index contributed by atoms with van der Waals surface area (Å²) >= 11 is 0. The first-order valence-electron chi connectivity index (χ1n) is 6.09. The summed E-state index contributed by atoms with van der Waals surface area (Å²) in [7, 11) is 1.79. The second-order valence-corrected chi connectivity index (χ2v) is 2.98. The molecule has 1 amide bonds. The number of carbonyl (C=O) groups excluding carboxylic acids is 1. The summed E-state index contributed by atoms with van der Waals surface area (Å²) < 4.78 is 5.27.